The van der Waals surface area contributed by atoms with Crippen LogP contribution in [0.25, 0.3) is 0 Å². The average molecular weight is 274 g/mol. The number of carbonyl (C=O) groups excluding carboxylic acids is 1. The Labute approximate surface area is 122 Å². The molecule has 1 aromatic carbocycles. The molecule has 1 aliphatic rings. The monoisotopic (exact) mass is 274 g/mol. The zero-order valence-electron chi connectivity index (χ0n) is 12.8. The first kappa shape index (κ1) is 15.0. The van der Waals surface area contributed by atoms with Crippen molar-refractivity contribution in [2.24, 2.45) is 5.92 Å². The molecule has 3 nitrogen and oxygen atoms in total. The second-order valence-electron chi connectivity index (χ2n) is 6.23. The molecule has 0 bridgehead atoms. The Morgan fingerprint density at radius 1 is 1.35 bits per heavy atom. The highest BCUT2D eigenvalue weighted by atomic mass is 16.2. The van der Waals surface area contributed by atoms with Gasteiger partial charge in [0.05, 0.1) is 5.41 Å². The highest BCUT2D eigenvalue weighted by molar-refractivity contribution is 5.87. The minimum absolute atomic E-state index is 0.121. The number of benzene rings is 1. The number of nitrogens with one attached hydrogen (secondary N) is 2. The first-order valence-corrected chi connectivity index (χ1v) is 7.63. The zero-order valence-corrected chi connectivity index (χ0v) is 12.8. The number of carbonyl (C=O) groups is 1. The van der Waals surface area contributed by atoms with E-state index in [1.165, 1.54) is 0 Å². The molecule has 2 unspecified atom stereocenters. The molecule has 2 N–H and O–H groups in total. The molecular weight excluding hydrogens is 248 g/mol. The van der Waals surface area contributed by atoms with Crippen molar-refractivity contribution in [2.75, 3.05) is 13.1 Å². The van der Waals surface area contributed by atoms with Crippen LogP contribution in [0.4, 0.5) is 0 Å². The quantitative estimate of drug-likeness (QED) is 0.885. The van der Waals surface area contributed by atoms with Crippen LogP contribution in [-0.4, -0.2) is 25.0 Å². The van der Waals surface area contributed by atoms with Gasteiger partial charge in [0.2, 0.25) is 5.91 Å². The minimum atomic E-state index is -0.489. The molecule has 3 heteroatoms. The van der Waals surface area contributed by atoms with Crippen LogP contribution >= 0.6 is 0 Å². The van der Waals surface area contributed by atoms with E-state index in [0.717, 1.165) is 31.5 Å². The van der Waals surface area contributed by atoms with E-state index in [-0.39, 0.29) is 11.9 Å². The predicted octanol–water partition coefficient (Wildman–Crippen LogP) is 2.47. The molecule has 1 aromatic rings. The van der Waals surface area contributed by atoms with Crippen molar-refractivity contribution in [3.8, 4) is 0 Å². The van der Waals surface area contributed by atoms with Crippen molar-refractivity contribution in [1.29, 1.82) is 0 Å². The Kier molecular flexibility index (Phi) is 4.81. The van der Waals surface area contributed by atoms with Gasteiger partial charge < -0.3 is 10.6 Å². The summed E-state index contributed by atoms with van der Waals surface area (Å²) in [5.41, 5.74) is 0.575. The van der Waals surface area contributed by atoms with Crippen LogP contribution in [0.3, 0.4) is 0 Å². The van der Waals surface area contributed by atoms with Crippen molar-refractivity contribution >= 4 is 5.91 Å². The summed E-state index contributed by atoms with van der Waals surface area (Å²) < 4.78 is 0. The third kappa shape index (κ3) is 3.21. The maximum atomic E-state index is 12.7. The van der Waals surface area contributed by atoms with Crippen molar-refractivity contribution in [1.82, 2.24) is 10.6 Å². The van der Waals surface area contributed by atoms with Gasteiger partial charge in [-0.15, -0.1) is 0 Å². The average Bonchev–Trinajstić information content (AvgIpc) is 2.48. The molecule has 110 valence electrons. The molecule has 0 aromatic heterocycles. The van der Waals surface area contributed by atoms with Gasteiger partial charge >= 0.3 is 0 Å². The van der Waals surface area contributed by atoms with Crippen molar-refractivity contribution in [2.45, 2.75) is 45.1 Å². The van der Waals surface area contributed by atoms with Gasteiger partial charge in [-0.05, 0) is 38.3 Å². The van der Waals surface area contributed by atoms with Crippen LogP contribution in [-0.2, 0) is 10.2 Å². The maximum absolute atomic E-state index is 12.7. The zero-order chi connectivity index (χ0) is 14.6. The lowest BCUT2D eigenvalue weighted by atomic mass is 9.82. The standard InChI is InChI=1S/C17H26N2O/c1-4-13-10-11-18-12-15(13)19-16(20)17(2,3)14-8-6-5-7-9-14/h5-9,13,15,18H,4,10-12H2,1-3H3,(H,19,20). The maximum Gasteiger partial charge on any atom is 0.230 e. The van der Waals surface area contributed by atoms with Gasteiger partial charge in [0.1, 0.15) is 0 Å². The number of rotatable bonds is 4. The molecule has 1 amide bonds. The van der Waals surface area contributed by atoms with Crippen molar-refractivity contribution in [3.63, 3.8) is 0 Å². The fourth-order valence-corrected chi connectivity index (χ4v) is 2.91. The highest BCUT2D eigenvalue weighted by Gasteiger charge is 2.33. The molecule has 1 saturated heterocycles. The summed E-state index contributed by atoms with van der Waals surface area (Å²) in [7, 11) is 0. The van der Waals surface area contributed by atoms with Crippen molar-refractivity contribution < 1.29 is 4.79 Å². The number of hydrogen-bond acceptors (Lipinski definition) is 2. The van der Waals surface area contributed by atoms with Gasteiger partial charge in [-0.2, -0.15) is 0 Å². The lowest BCUT2D eigenvalue weighted by Crippen LogP contribution is -2.54. The molecule has 1 fully saturated rings. The summed E-state index contributed by atoms with van der Waals surface area (Å²) in [6.07, 6.45) is 2.27. The summed E-state index contributed by atoms with van der Waals surface area (Å²) >= 11 is 0. The Hall–Kier alpha value is -1.35. The smallest absolute Gasteiger partial charge is 0.230 e. The first-order valence-electron chi connectivity index (χ1n) is 7.63. The van der Waals surface area contributed by atoms with Crippen LogP contribution in [0.2, 0.25) is 0 Å². The first-order chi connectivity index (χ1) is 9.55. The predicted molar refractivity (Wildman–Crippen MR) is 82.7 cm³/mol. The summed E-state index contributed by atoms with van der Waals surface area (Å²) in [5, 5.41) is 6.64. The Morgan fingerprint density at radius 2 is 2.05 bits per heavy atom. The lowest BCUT2D eigenvalue weighted by molar-refractivity contribution is -0.126. The molecule has 0 radical (unpaired) electrons. The number of piperidine rings is 1. The molecule has 2 rings (SSSR count). The molecule has 1 aliphatic heterocycles. The summed E-state index contributed by atoms with van der Waals surface area (Å²) in [6.45, 7) is 8.14. The van der Waals surface area contributed by atoms with E-state index in [1.54, 1.807) is 0 Å². The molecule has 2 atom stereocenters. The number of amides is 1. The molecular formula is C17H26N2O. The third-order valence-corrected chi connectivity index (χ3v) is 4.53. The van der Waals surface area contributed by atoms with Gasteiger partial charge in [-0.1, -0.05) is 43.7 Å². The van der Waals surface area contributed by atoms with Gasteiger partial charge in [0.15, 0.2) is 0 Å². The summed E-state index contributed by atoms with van der Waals surface area (Å²) in [4.78, 5) is 12.7. The SMILES string of the molecule is CCC1CCNCC1NC(=O)C(C)(C)c1ccccc1. The third-order valence-electron chi connectivity index (χ3n) is 4.53. The van der Waals surface area contributed by atoms with E-state index in [9.17, 15) is 4.79 Å². The molecule has 0 aliphatic carbocycles. The van der Waals surface area contributed by atoms with Crippen LogP contribution in [0.1, 0.15) is 39.2 Å². The molecule has 0 saturated carbocycles. The highest BCUT2D eigenvalue weighted by Crippen LogP contribution is 2.24. The fourth-order valence-electron chi connectivity index (χ4n) is 2.91. The van der Waals surface area contributed by atoms with Gasteiger partial charge in [0, 0.05) is 12.6 Å². The van der Waals surface area contributed by atoms with Crippen molar-refractivity contribution in [3.05, 3.63) is 35.9 Å². The lowest BCUT2D eigenvalue weighted by Gasteiger charge is -2.35. The van der Waals surface area contributed by atoms with E-state index >= 15 is 0 Å². The Morgan fingerprint density at radius 3 is 2.70 bits per heavy atom. The van der Waals surface area contributed by atoms with E-state index in [4.69, 9.17) is 0 Å². The van der Waals surface area contributed by atoms with Gasteiger partial charge in [-0.25, -0.2) is 0 Å². The number of hydrogen-bond donors (Lipinski definition) is 2. The molecule has 20 heavy (non-hydrogen) atoms. The van der Waals surface area contributed by atoms with E-state index in [2.05, 4.69) is 17.6 Å². The minimum Gasteiger partial charge on any atom is -0.351 e. The second-order valence-corrected chi connectivity index (χ2v) is 6.23. The second kappa shape index (κ2) is 6.40. The topological polar surface area (TPSA) is 41.1 Å². The molecule has 1 heterocycles. The van der Waals surface area contributed by atoms with Crippen LogP contribution in [0, 0.1) is 5.92 Å². The largest absolute Gasteiger partial charge is 0.351 e. The van der Waals surface area contributed by atoms with Crippen LogP contribution < -0.4 is 10.6 Å². The molecule has 0 spiro atoms. The fraction of sp³-hybridized carbons (Fsp3) is 0.588. The summed E-state index contributed by atoms with van der Waals surface area (Å²) in [6, 6.07) is 10.3. The van der Waals surface area contributed by atoms with E-state index < -0.39 is 5.41 Å². The van der Waals surface area contributed by atoms with Gasteiger partial charge in [0.25, 0.3) is 0 Å². The van der Waals surface area contributed by atoms with Crippen LogP contribution in [0.15, 0.2) is 30.3 Å². The normalized spacial score (nSPS) is 23.4. The Balaban J connectivity index is 2.07. The van der Waals surface area contributed by atoms with E-state index in [1.807, 2.05) is 44.2 Å². The van der Waals surface area contributed by atoms with Gasteiger partial charge in [-0.3, -0.25) is 4.79 Å². The summed E-state index contributed by atoms with van der Waals surface area (Å²) in [5.74, 6) is 0.711. The van der Waals surface area contributed by atoms with E-state index in [0.29, 0.717) is 5.92 Å². The van der Waals surface area contributed by atoms with Crippen LogP contribution in [0.5, 0.6) is 0 Å². The Bertz CT molecular complexity index is 442.